The highest BCUT2D eigenvalue weighted by molar-refractivity contribution is 5.83. The van der Waals surface area contributed by atoms with Gasteiger partial charge in [-0.15, -0.1) is 0 Å². The molecule has 1 aliphatic carbocycles. The van der Waals surface area contributed by atoms with Crippen LogP contribution in [0.15, 0.2) is 28.8 Å². The predicted octanol–water partition coefficient (Wildman–Crippen LogP) is 3.06. The number of hydrogen-bond donors (Lipinski definition) is 1. The van der Waals surface area contributed by atoms with Crippen molar-refractivity contribution in [2.75, 3.05) is 0 Å². The molecule has 0 unspecified atom stereocenters. The van der Waals surface area contributed by atoms with Gasteiger partial charge in [0.15, 0.2) is 0 Å². The second-order valence-corrected chi connectivity index (χ2v) is 6.57. The molecule has 1 aliphatic heterocycles. The van der Waals surface area contributed by atoms with Gasteiger partial charge in [0.25, 0.3) is 0 Å². The maximum absolute atomic E-state index is 11.8. The fourth-order valence-corrected chi connectivity index (χ4v) is 3.36. The molecule has 2 aromatic rings. The minimum absolute atomic E-state index is 0.109. The van der Waals surface area contributed by atoms with Crippen molar-refractivity contribution in [3.8, 4) is 11.4 Å². The van der Waals surface area contributed by atoms with Crippen LogP contribution in [-0.2, 0) is 4.79 Å². The minimum atomic E-state index is -0.109. The Hall–Kier alpha value is -2.17. The van der Waals surface area contributed by atoms with Crippen LogP contribution < -0.4 is 5.32 Å². The molecule has 4 rings (SSSR count). The number of nitrogens with zero attached hydrogens (tertiary/aromatic N) is 2. The van der Waals surface area contributed by atoms with Crippen LogP contribution in [0.1, 0.15) is 50.1 Å². The molecule has 2 aliphatic rings. The summed E-state index contributed by atoms with van der Waals surface area (Å²) in [5.41, 5.74) is 2.22. The molecule has 1 amide bonds. The third kappa shape index (κ3) is 2.03. The summed E-state index contributed by atoms with van der Waals surface area (Å²) >= 11 is 0. The number of aromatic nitrogens is 2. The van der Waals surface area contributed by atoms with Gasteiger partial charge in [0.1, 0.15) is 6.04 Å². The number of benzene rings is 1. The zero-order valence-corrected chi connectivity index (χ0v) is 12.7. The Morgan fingerprint density at radius 1 is 1.23 bits per heavy atom. The number of nitrogens with one attached hydrogen (secondary N) is 1. The number of fused-ring (bicyclic) bond motifs is 1. The molecule has 22 heavy (non-hydrogen) atoms. The number of carbonyl (C=O) groups is 1. The van der Waals surface area contributed by atoms with Gasteiger partial charge in [0.05, 0.1) is 0 Å². The van der Waals surface area contributed by atoms with Crippen molar-refractivity contribution < 1.29 is 9.32 Å². The first-order chi connectivity index (χ1) is 10.6. The monoisotopic (exact) mass is 297 g/mol. The van der Waals surface area contributed by atoms with E-state index in [1.807, 2.05) is 12.1 Å². The first-order valence-electron chi connectivity index (χ1n) is 7.88. The second kappa shape index (κ2) is 4.93. The molecule has 0 bridgehead atoms. The third-order valence-corrected chi connectivity index (χ3v) is 4.93. The lowest BCUT2D eigenvalue weighted by atomic mass is 9.73. The summed E-state index contributed by atoms with van der Waals surface area (Å²) in [4.78, 5) is 16.3. The van der Waals surface area contributed by atoms with Crippen molar-refractivity contribution in [3.05, 3.63) is 35.7 Å². The predicted molar refractivity (Wildman–Crippen MR) is 80.9 cm³/mol. The van der Waals surface area contributed by atoms with E-state index in [1.165, 1.54) is 5.56 Å². The zero-order valence-electron chi connectivity index (χ0n) is 12.7. The van der Waals surface area contributed by atoms with Crippen LogP contribution in [0.25, 0.3) is 11.4 Å². The van der Waals surface area contributed by atoms with E-state index in [-0.39, 0.29) is 17.9 Å². The third-order valence-electron chi connectivity index (χ3n) is 4.93. The lowest BCUT2D eigenvalue weighted by molar-refractivity contribution is -0.124. The summed E-state index contributed by atoms with van der Waals surface area (Å²) in [5, 5.41) is 7.06. The lowest BCUT2D eigenvalue weighted by Gasteiger charge is -2.29. The van der Waals surface area contributed by atoms with Gasteiger partial charge in [-0.25, -0.2) is 0 Å². The highest BCUT2D eigenvalue weighted by Crippen LogP contribution is 2.47. The summed E-state index contributed by atoms with van der Waals surface area (Å²) in [6, 6.07) is 8.11. The van der Waals surface area contributed by atoms with Crippen molar-refractivity contribution in [1.82, 2.24) is 15.5 Å². The standard InChI is InChI=1S/C17H19N3O2/c1-9(2)10-3-5-11(6-4-10)15-19-17(22-20-15)14-12-7-8-13(12)16(21)18-14/h3-6,9,12-14H,7-8H2,1-2H3,(H,18,21)/t12-,13+,14-/m1/s1. The largest absolute Gasteiger partial charge is 0.344 e. The number of carbonyl (C=O) groups excluding carboxylic acids is 1. The quantitative estimate of drug-likeness (QED) is 0.945. The number of hydrogen-bond acceptors (Lipinski definition) is 4. The summed E-state index contributed by atoms with van der Waals surface area (Å²) in [6.07, 6.45) is 2.03. The first kappa shape index (κ1) is 13.5. The number of amides is 1. The van der Waals surface area contributed by atoms with Gasteiger partial charge in [0, 0.05) is 11.5 Å². The van der Waals surface area contributed by atoms with Gasteiger partial charge < -0.3 is 9.84 Å². The number of rotatable bonds is 3. The SMILES string of the molecule is CC(C)c1ccc(-c2noc([C@@H]3NC(=O)[C@H]4CC[C@H]43)n2)cc1. The van der Waals surface area contributed by atoms with E-state index in [0.717, 1.165) is 18.4 Å². The van der Waals surface area contributed by atoms with Crippen LogP contribution in [0.2, 0.25) is 0 Å². The molecule has 114 valence electrons. The molecular weight excluding hydrogens is 278 g/mol. The molecule has 2 fully saturated rings. The van der Waals surface area contributed by atoms with Crippen LogP contribution >= 0.6 is 0 Å². The van der Waals surface area contributed by atoms with Crippen molar-refractivity contribution >= 4 is 5.91 Å². The van der Waals surface area contributed by atoms with Crippen LogP contribution in [-0.4, -0.2) is 16.0 Å². The molecule has 2 heterocycles. The van der Waals surface area contributed by atoms with Gasteiger partial charge in [-0.2, -0.15) is 4.98 Å². The highest BCUT2D eigenvalue weighted by atomic mass is 16.5. The Morgan fingerprint density at radius 2 is 2.00 bits per heavy atom. The lowest BCUT2D eigenvalue weighted by Crippen LogP contribution is -2.27. The van der Waals surface area contributed by atoms with Gasteiger partial charge in [-0.05, 0) is 30.2 Å². The molecule has 0 radical (unpaired) electrons. The highest BCUT2D eigenvalue weighted by Gasteiger charge is 2.50. The van der Waals surface area contributed by atoms with E-state index in [0.29, 0.717) is 23.6 Å². The average Bonchev–Trinajstić information content (AvgIpc) is 3.02. The van der Waals surface area contributed by atoms with Crippen LogP contribution in [0.5, 0.6) is 0 Å². The zero-order chi connectivity index (χ0) is 15.3. The minimum Gasteiger partial charge on any atom is -0.344 e. The van der Waals surface area contributed by atoms with E-state index in [1.54, 1.807) is 0 Å². The topological polar surface area (TPSA) is 68.0 Å². The van der Waals surface area contributed by atoms with Crippen LogP contribution in [0.4, 0.5) is 0 Å². The molecule has 1 aromatic heterocycles. The van der Waals surface area contributed by atoms with E-state index < -0.39 is 0 Å². The van der Waals surface area contributed by atoms with Gasteiger partial charge in [-0.1, -0.05) is 43.3 Å². The molecule has 1 saturated carbocycles. The van der Waals surface area contributed by atoms with Crippen LogP contribution in [0.3, 0.4) is 0 Å². The summed E-state index contributed by atoms with van der Waals surface area (Å²) in [7, 11) is 0. The van der Waals surface area contributed by atoms with Crippen LogP contribution in [0, 0.1) is 11.8 Å². The molecular formula is C17H19N3O2. The Bertz CT molecular complexity index is 705. The van der Waals surface area contributed by atoms with E-state index in [4.69, 9.17) is 4.52 Å². The van der Waals surface area contributed by atoms with Gasteiger partial charge in [-0.3, -0.25) is 4.79 Å². The molecule has 0 spiro atoms. The summed E-state index contributed by atoms with van der Waals surface area (Å²) < 4.78 is 5.41. The molecule has 5 heteroatoms. The molecule has 1 N–H and O–H groups in total. The van der Waals surface area contributed by atoms with Gasteiger partial charge in [0.2, 0.25) is 17.6 Å². The Kier molecular flexibility index (Phi) is 3.03. The summed E-state index contributed by atoms with van der Waals surface area (Å²) in [5.74, 6) is 2.21. The first-order valence-corrected chi connectivity index (χ1v) is 7.88. The van der Waals surface area contributed by atoms with Crippen molar-refractivity contribution in [1.29, 1.82) is 0 Å². The van der Waals surface area contributed by atoms with Crippen molar-refractivity contribution in [3.63, 3.8) is 0 Å². The molecule has 3 atom stereocenters. The fourth-order valence-electron chi connectivity index (χ4n) is 3.36. The Morgan fingerprint density at radius 3 is 2.59 bits per heavy atom. The van der Waals surface area contributed by atoms with Crippen molar-refractivity contribution in [2.24, 2.45) is 11.8 Å². The average molecular weight is 297 g/mol. The maximum atomic E-state index is 11.8. The maximum Gasteiger partial charge on any atom is 0.249 e. The molecule has 1 saturated heterocycles. The van der Waals surface area contributed by atoms with E-state index in [9.17, 15) is 4.79 Å². The van der Waals surface area contributed by atoms with Crippen molar-refractivity contribution in [2.45, 2.75) is 38.6 Å². The Labute approximate surface area is 129 Å². The second-order valence-electron chi connectivity index (χ2n) is 6.57. The van der Waals surface area contributed by atoms with E-state index in [2.05, 4.69) is 41.4 Å². The molecule has 5 nitrogen and oxygen atoms in total. The van der Waals surface area contributed by atoms with E-state index >= 15 is 0 Å². The van der Waals surface area contributed by atoms with Gasteiger partial charge >= 0.3 is 0 Å². The molecule has 1 aromatic carbocycles. The fraction of sp³-hybridized carbons (Fsp3) is 0.471. The smallest absolute Gasteiger partial charge is 0.249 e. The summed E-state index contributed by atoms with van der Waals surface area (Å²) in [6.45, 7) is 4.33. The normalized spacial score (nSPS) is 26.7. The Balaban J connectivity index is 1.58.